The minimum atomic E-state index is -0.128. The number of rotatable bonds is 5. The molecule has 0 atom stereocenters. The van der Waals surface area contributed by atoms with Crippen LogP contribution in [0.4, 0.5) is 4.39 Å². The molecule has 0 aliphatic rings. The van der Waals surface area contributed by atoms with Crippen molar-refractivity contribution in [1.29, 1.82) is 0 Å². The van der Waals surface area contributed by atoms with Gasteiger partial charge in [-0.25, -0.2) is 0 Å². The lowest BCUT2D eigenvalue weighted by molar-refractivity contribution is 0.691. The number of aryl methyl sites for hydroxylation is 1. The highest BCUT2D eigenvalue weighted by Gasteiger charge is 1.98. The van der Waals surface area contributed by atoms with Gasteiger partial charge >= 0.3 is 0 Å². The van der Waals surface area contributed by atoms with Crippen LogP contribution in [0.5, 0.6) is 0 Å². The van der Waals surface area contributed by atoms with Crippen molar-refractivity contribution in [3.8, 4) is 0 Å². The van der Waals surface area contributed by atoms with Crippen molar-refractivity contribution in [3.63, 3.8) is 0 Å². The average Bonchev–Trinajstić information content (AvgIpc) is 2.41. The van der Waals surface area contributed by atoms with E-state index >= 15 is 0 Å². The summed E-state index contributed by atoms with van der Waals surface area (Å²) < 4.78 is 13.6. The number of thioether (sulfide) groups is 1. The van der Waals surface area contributed by atoms with Crippen LogP contribution < -0.4 is 0 Å². The first kappa shape index (κ1) is 12.9. The topological polar surface area (TPSA) is 0 Å². The summed E-state index contributed by atoms with van der Waals surface area (Å²) in [5, 5.41) is -0.128. The van der Waals surface area contributed by atoms with E-state index < -0.39 is 0 Å². The Labute approximate surface area is 112 Å². The molecule has 2 heteroatoms. The standard InChI is InChI=1S/C16H15FS/c17-16(18-15-11-5-2-6-12-15)13-7-10-14-8-3-1-4-9-14/h1-6,8-9,11-13H,7,10H2/b16-13-. The van der Waals surface area contributed by atoms with Gasteiger partial charge in [0.05, 0.1) is 0 Å². The zero-order valence-electron chi connectivity index (χ0n) is 10.1. The molecule has 18 heavy (non-hydrogen) atoms. The van der Waals surface area contributed by atoms with Gasteiger partial charge in [-0.15, -0.1) is 0 Å². The Morgan fingerprint density at radius 3 is 2.22 bits per heavy atom. The van der Waals surface area contributed by atoms with E-state index in [0.29, 0.717) is 0 Å². The molecule has 2 aromatic carbocycles. The summed E-state index contributed by atoms with van der Waals surface area (Å²) in [6.45, 7) is 0. The number of hydrogen-bond acceptors (Lipinski definition) is 1. The van der Waals surface area contributed by atoms with Crippen molar-refractivity contribution in [2.24, 2.45) is 0 Å². The van der Waals surface area contributed by atoms with Gasteiger partial charge in [-0.1, -0.05) is 60.3 Å². The fourth-order valence-electron chi connectivity index (χ4n) is 1.64. The van der Waals surface area contributed by atoms with Crippen molar-refractivity contribution in [2.75, 3.05) is 0 Å². The fourth-order valence-corrected chi connectivity index (χ4v) is 2.36. The summed E-state index contributed by atoms with van der Waals surface area (Å²) in [6, 6.07) is 19.7. The van der Waals surface area contributed by atoms with Crippen LogP contribution in [0.15, 0.2) is 76.8 Å². The minimum absolute atomic E-state index is 0.128. The molecule has 0 fully saturated rings. The third-order valence-electron chi connectivity index (χ3n) is 2.54. The summed E-state index contributed by atoms with van der Waals surface area (Å²) in [5.74, 6) is 0. The number of allylic oxidation sites excluding steroid dienone is 1. The summed E-state index contributed by atoms with van der Waals surface area (Å²) in [5.41, 5.74) is 1.24. The van der Waals surface area contributed by atoms with Crippen LogP contribution in [-0.4, -0.2) is 0 Å². The Bertz CT molecular complexity index is 491. The zero-order chi connectivity index (χ0) is 12.6. The number of benzene rings is 2. The van der Waals surface area contributed by atoms with Crippen molar-refractivity contribution in [3.05, 3.63) is 77.5 Å². The van der Waals surface area contributed by atoms with E-state index in [1.54, 1.807) is 6.08 Å². The molecule has 0 heterocycles. The van der Waals surface area contributed by atoms with Gasteiger partial charge in [0.25, 0.3) is 0 Å². The van der Waals surface area contributed by atoms with E-state index in [1.807, 2.05) is 48.5 Å². The van der Waals surface area contributed by atoms with Crippen molar-refractivity contribution >= 4 is 11.8 Å². The quantitative estimate of drug-likeness (QED) is 0.662. The molecule has 0 nitrogen and oxygen atoms in total. The van der Waals surface area contributed by atoms with E-state index in [4.69, 9.17) is 0 Å². The van der Waals surface area contributed by atoms with Gasteiger partial charge < -0.3 is 0 Å². The van der Waals surface area contributed by atoms with Crippen molar-refractivity contribution in [1.82, 2.24) is 0 Å². The molecule has 0 radical (unpaired) electrons. The van der Waals surface area contributed by atoms with Crippen LogP contribution in [0.1, 0.15) is 12.0 Å². The lowest BCUT2D eigenvalue weighted by Gasteiger charge is -1.99. The molecule has 0 spiro atoms. The first-order valence-electron chi connectivity index (χ1n) is 5.97. The van der Waals surface area contributed by atoms with E-state index in [2.05, 4.69) is 12.1 Å². The molecular weight excluding hydrogens is 243 g/mol. The third kappa shape index (κ3) is 4.38. The van der Waals surface area contributed by atoms with E-state index in [9.17, 15) is 4.39 Å². The fraction of sp³-hybridized carbons (Fsp3) is 0.125. The largest absolute Gasteiger partial charge is 0.199 e. The second kappa shape index (κ2) is 7.02. The Hall–Kier alpha value is -1.54. The monoisotopic (exact) mass is 258 g/mol. The number of halogens is 1. The molecule has 0 aliphatic heterocycles. The summed E-state index contributed by atoms with van der Waals surface area (Å²) in [7, 11) is 0. The summed E-state index contributed by atoms with van der Waals surface area (Å²) in [6.07, 6.45) is 3.27. The highest BCUT2D eigenvalue weighted by Crippen LogP contribution is 2.27. The van der Waals surface area contributed by atoms with Gasteiger partial charge in [0.1, 0.15) is 0 Å². The molecule has 2 rings (SSSR count). The lowest BCUT2D eigenvalue weighted by atomic mass is 10.1. The minimum Gasteiger partial charge on any atom is -0.199 e. The Balaban J connectivity index is 1.83. The first-order chi connectivity index (χ1) is 8.84. The van der Waals surface area contributed by atoms with Crippen LogP contribution in [-0.2, 0) is 6.42 Å². The molecule has 0 aliphatic carbocycles. The molecule has 0 aromatic heterocycles. The highest BCUT2D eigenvalue weighted by atomic mass is 32.2. The van der Waals surface area contributed by atoms with Gasteiger partial charge in [0.15, 0.2) is 5.16 Å². The molecule has 2 aromatic rings. The maximum absolute atomic E-state index is 13.6. The van der Waals surface area contributed by atoms with Gasteiger partial charge in [0, 0.05) is 4.90 Å². The van der Waals surface area contributed by atoms with Crippen molar-refractivity contribution in [2.45, 2.75) is 17.7 Å². The Morgan fingerprint density at radius 1 is 0.944 bits per heavy atom. The molecular formula is C16H15FS. The average molecular weight is 258 g/mol. The smallest absolute Gasteiger partial charge is 0.157 e. The van der Waals surface area contributed by atoms with Crippen LogP contribution in [0.25, 0.3) is 0 Å². The van der Waals surface area contributed by atoms with E-state index in [1.165, 1.54) is 17.3 Å². The van der Waals surface area contributed by atoms with Crippen LogP contribution in [0.3, 0.4) is 0 Å². The predicted molar refractivity (Wildman–Crippen MR) is 76.3 cm³/mol. The van der Waals surface area contributed by atoms with E-state index in [0.717, 1.165) is 17.7 Å². The highest BCUT2D eigenvalue weighted by molar-refractivity contribution is 8.02. The first-order valence-corrected chi connectivity index (χ1v) is 6.79. The van der Waals surface area contributed by atoms with Gasteiger partial charge in [0.2, 0.25) is 0 Å². The zero-order valence-corrected chi connectivity index (χ0v) is 10.9. The maximum Gasteiger partial charge on any atom is 0.157 e. The molecule has 92 valence electrons. The summed E-state index contributed by atoms with van der Waals surface area (Å²) >= 11 is 1.17. The lowest BCUT2D eigenvalue weighted by Crippen LogP contribution is -1.81. The van der Waals surface area contributed by atoms with Gasteiger partial charge in [-0.2, -0.15) is 4.39 Å². The molecule has 0 N–H and O–H groups in total. The van der Waals surface area contributed by atoms with Crippen LogP contribution in [0.2, 0.25) is 0 Å². The number of hydrogen-bond donors (Lipinski definition) is 0. The predicted octanol–water partition coefficient (Wildman–Crippen LogP) is 5.22. The van der Waals surface area contributed by atoms with Crippen LogP contribution >= 0.6 is 11.8 Å². The maximum atomic E-state index is 13.6. The second-order valence-corrected chi connectivity index (χ2v) is 5.01. The SMILES string of the molecule is F/C(=C/CCc1ccccc1)Sc1ccccc1. The molecule has 0 amide bonds. The van der Waals surface area contributed by atoms with Crippen LogP contribution in [0, 0.1) is 0 Å². The normalized spacial score (nSPS) is 11.5. The van der Waals surface area contributed by atoms with E-state index in [-0.39, 0.29) is 5.16 Å². The van der Waals surface area contributed by atoms with Gasteiger partial charge in [-0.3, -0.25) is 0 Å². The third-order valence-corrected chi connectivity index (χ3v) is 3.41. The second-order valence-electron chi connectivity index (χ2n) is 3.95. The Kier molecular flexibility index (Phi) is 5.03. The Morgan fingerprint density at radius 2 is 1.56 bits per heavy atom. The molecule has 0 bridgehead atoms. The van der Waals surface area contributed by atoms with Crippen molar-refractivity contribution < 1.29 is 4.39 Å². The molecule has 0 unspecified atom stereocenters. The molecule has 0 saturated heterocycles. The summed E-state index contributed by atoms with van der Waals surface area (Å²) in [4.78, 5) is 0.936. The molecule has 0 saturated carbocycles. The van der Waals surface area contributed by atoms with Gasteiger partial charge in [-0.05, 0) is 36.6 Å².